The highest BCUT2D eigenvalue weighted by atomic mass is 15.2. The topological polar surface area (TPSA) is 39.7 Å². The number of hydrogen-bond donors (Lipinski definition) is 2. The van der Waals surface area contributed by atoms with Gasteiger partial charge in [0.2, 0.25) is 0 Å². The summed E-state index contributed by atoms with van der Waals surface area (Å²) in [4.78, 5) is 6.68. The minimum atomic E-state index is 0.492. The number of nitrogens with zero attached hydrogens (tertiary/aromatic N) is 2. The first-order valence-electron chi connectivity index (χ1n) is 8.22. The van der Waals surface area contributed by atoms with Crippen LogP contribution in [-0.2, 0) is 0 Å². The molecule has 0 amide bonds. The van der Waals surface area contributed by atoms with Crippen molar-refractivity contribution in [2.45, 2.75) is 64.5 Å². The Balaban J connectivity index is 2.28. The summed E-state index contributed by atoms with van der Waals surface area (Å²) < 4.78 is 0. The maximum absolute atomic E-state index is 4.34. The van der Waals surface area contributed by atoms with Crippen molar-refractivity contribution in [1.82, 2.24) is 15.5 Å². The zero-order valence-electron chi connectivity index (χ0n) is 14.1. The van der Waals surface area contributed by atoms with E-state index in [0.717, 1.165) is 18.4 Å². The lowest BCUT2D eigenvalue weighted by Gasteiger charge is -2.26. The first-order valence-corrected chi connectivity index (χ1v) is 8.22. The molecule has 1 saturated carbocycles. The van der Waals surface area contributed by atoms with Gasteiger partial charge in [0.15, 0.2) is 5.96 Å². The van der Waals surface area contributed by atoms with Gasteiger partial charge in [-0.2, -0.15) is 0 Å². The molecule has 0 aliphatic heterocycles. The molecule has 118 valence electrons. The monoisotopic (exact) mass is 282 g/mol. The van der Waals surface area contributed by atoms with E-state index in [0.29, 0.717) is 12.1 Å². The lowest BCUT2D eigenvalue weighted by atomic mass is 10.1. The van der Waals surface area contributed by atoms with Gasteiger partial charge < -0.3 is 15.5 Å². The standard InChI is InChI=1S/C16H34N4/c1-6-7-8-9-13(2)19-16(17-3)18-12-15(20(4)5)14-10-11-14/h13-15H,6-12H2,1-5H3,(H2,17,18,19). The van der Waals surface area contributed by atoms with Gasteiger partial charge in [0.05, 0.1) is 0 Å². The number of guanidine groups is 1. The van der Waals surface area contributed by atoms with Crippen LogP contribution < -0.4 is 10.6 Å². The molecule has 0 aromatic rings. The van der Waals surface area contributed by atoms with Crippen LogP contribution >= 0.6 is 0 Å². The molecule has 4 nitrogen and oxygen atoms in total. The number of rotatable bonds is 9. The van der Waals surface area contributed by atoms with Crippen molar-refractivity contribution < 1.29 is 0 Å². The molecule has 0 aromatic carbocycles. The van der Waals surface area contributed by atoms with Crippen molar-refractivity contribution in [3.8, 4) is 0 Å². The average Bonchev–Trinajstić information content (AvgIpc) is 3.22. The van der Waals surface area contributed by atoms with Crippen LogP contribution in [0.4, 0.5) is 0 Å². The molecule has 0 heterocycles. The Hall–Kier alpha value is -0.770. The first kappa shape index (κ1) is 17.3. The molecule has 0 aromatic heterocycles. The molecule has 20 heavy (non-hydrogen) atoms. The van der Waals surface area contributed by atoms with Crippen molar-refractivity contribution in [2.24, 2.45) is 10.9 Å². The summed E-state index contributed by atoms with van der Waals surface area (Å²) in [5, 5.41) is 6.99. The second-order valence-electron chi connectivity index (χ2n) is 6.36. The van der Waals surface area contributed by atoms with Crippen LogP contribution in [0.2, 0.25) is 0 Å². The van der Waals surface area contributed by atoms with Crippen molar-refractivity contribution >= 4 is 5.96 Å². The SMILES string of the molecule is CCCCCC(C)NC(=NC)NCC(C1CC1)N(C)C. The molecule has 0 spiro atoms. The summed E-state index contributed by atoms with van der Waals surface area (Å²) in [5.74, 6) is 1.82. The molecule has 1 aliphatic carbocycles. The minimum absolute atomic E-state index is 0.492. The van der Waals surface area contributed by atoms with Crippen LogP contribution in [0.5, 0.6) is 0 Å². The molecule has 0 bridgehead atoms. The molecular weight excluding hydrogens is 248 g/mol. The number of hydrogen-bond acceptors (Lipinski definition) is 2. The number of nitrogens with one attached hydrogen (secondary N) is 2. The number of unbranched alkanes of at least 4 members (excludes halogenated alkanes) is 2. The minimum Gasteiger partial charge on any atom is -0.355 e. The van der Waals surface area contributed by atoms with Crippen molar-refractivity contribution in [3.05, 3.63) is 0 Å². The Kier molecular flexibility index (Phi) is 7.97. The Morgan fingerprint density at radius 1 is 1.30 bits per heavy atom. The van der Waals surface area contributed by atoms with Crippen LogP contribution in [0.1, 0.15) is 52.4 Å². The number of aliphatic imine (C=N–C) groups is 1. The van der Waals surface area contributed by atoms with E-state index in [9.17, 15) is 0 Å². The fourth-order valence-electron chi connectivity index (χ4n) is 2.65. The van der Waals surface area contributed by atoms with Crippen LogP contribution in [0, 0.1) is 5.92 Å². The second-order valence-corrected chi connectivity index (χ2v) is 6.36. The highest BCUT2D eigenvalue weighted by Crippen LogP contribution is 2.34. The fourth-order valence-corrected chi connectivity index (χ4v) is 2.65. The highest BCUT2D eigenvalue weighted by molar-refractivity contribution is 5.79. The van der Waals surface area contributed by atoms with E-state index in [4.69, 9.17) is 0 Å². The molecule has 2 N–H and O–H groups in total. The van der Waals surface area contributed by atoms with E-state index in [-0.39, 0.29) is 0 Å². The largest absolute Gasteiger partial charge is 0.355 e. The molecule has 1 fully saturated rings. The van der Waals surface area contributed by atoms with Crippen LogP contribution in [-0.4, -0.2) is 50.6 Å². The van der Waals surface area contributed by atoms with Crippen LogP contribution in [0.25, 0.3) is 0 Å². The number of likely N-dealkylation sites (N-methyl/N-ethyl adjacent to an activating group) is 1. The smallest absolute Gasteiger partial charge is 0.191 e. The summed E-state index contributed by atoms with van der Waals surface area (Å²) in [7, 11) is 6.21. The lowest BCUT2D eigenvalue weighted by molar-refractivity contribution is 0.263. The third kappa shape index (κ3) is 6.60. The van der Waals surface area contributed by atoms with Gasteiger partial charge in [-0.25, -0.2) is 0 Å². The molecule has 4 heteroatoms. The molecule has 0 saturated heterocycles. The van der Waals surface area contributed by atoms with Gasteiger partial charge in [-0.15, -0.1) is 0 Å². The molecular formula is C16H34N4. The normalized spacial score (nSPS) is 19.0. The van der Waals surface area contributed by atoms with Gasteiger partial charge in [0.1, 0.15) is 0 Å². The van der Waals surface area contributed by atoms with Crippen molar-refractivity contribution in [3.63, 3.8) is 0 Å². The van der Waals surface area contributed by atoms with E-state index < -0.39 is 0 Å². The third-order valence-corrected chi connectivity index (χ3v) is 4.16. The summed E-state index contributed by atoms with van der Waals surface area (Å²) >= 11 is 0. The Bertz CT molecular complexity index is 282. The van der Waals surface area contributed by atoms with Gasteiger partial charge in [-0.1, -0.05) is 26.2 Å². The lowest BCUT2D eigenvalue weighted by Crippen LogP contribution is -2.48. The van der Waals surface area contributed by atoms with Crippen molar-refractivity contribution in [2.75, 3.05) is 27.7 Å². The van der Waals surface area contributed by atoms with Crippen molar-refractivity contribution in [1.29, 1.82) is 0 Å². The molecule has 0 radical (unpaired) electrons. The second kappa shape index (κ2) is 9.22. The van der Waals surface area contributed by atoms with Gasteiger partial charge in [-0.05, 0) is 46.2 Å². The van der Waals surface area contributed by atoms with Gasteiger partial charge in [-0.3, -0.25) is 4.99 Å². The van der Waals surface area contributed by atoms with Crippen LogP contribution in [0.3, 0.4) is 0 Å². The highest BCUT2D eigenvalue weighted by Gasteiger charge is 2.32. The Morgan fingerprint density at radius 3 is 2.50 bits per heavy atom. The Morgan fingerprint density at radius 2 is 2.00 bits per heavy atom. The van der Waals surface area contributed by atoms with E-state index in [1.54, 1.807) is 0 Å². The predicted octanol–water partition coefficient (Wildman–Crippen LogP) is 2.46. The summed E-state index contributed by atoms with van der Waals surface area (Å²) in [6.07, 6.45) is 7.88. The average molecular weight is 282 g/mol. The summed E-state index contributed by atoms with van der Waals surface area (Å²) in [6.45, 7) is 5.48. The fraction of sp³-hybridized carbons (Fsp3) is 0.938. The molecule has 2 unspecified atom stereocenters. The van der Waals surface area contributed by atoms with Crippen LogP contribution in [0.15, 0.2) is 4.99 Å². The third-order valence-electron chi connectivity index (χ3n) is 4.16. The van der Waals surface area contributed by atoms with E-state index in [1.807, 2.05) is 7.05 Å². The van der Waals surface area contributed by atoms with E-state index in [1.165, 1.54) is 38.5 Å². The zero-order valence-corrected chi connectivity index (χ0v) is 14.1. The van der Waals surface area contributed by atoms with Gasteiger partial charge in [0, 0.05) is 25.7 Å². The van der Waals surface area contributed by atoms with Gasteiger partial charge in [0.25, 0.3) is 0 Å². The summed E-state index contributed by atoms with van der Waals surface area (Å²) in [6, 6.07) is 1.12. The molecule has 2 atom stereocenters. The van der Waals surface area contributed by atoms with E-state index >= 15 is 0 Å². The Labute approximate surface area is 125 Å². The zero-order chi connectivity index (χ0) is 15.0. The maximum Gasteiger partial charge on any atom is 0.191 e. The maximum atomic E-state index is 4.34. The van der Waals surface area contributed by atoms with E-state index in [2.05, 4.69) is 48.5 Å². The summed E-state index contributed by atoms with van der Waals surface area (Å²) in [5.41, 5.74) is 0. The molecule has 1 rings (SSSR count). The molecule has 1 aliphatic rings. The first-order chi connectivity index (χ1) is 9.58. The predicted molar refractivity (Wildman–Crippen MR) is 88.3 cm³/mol. The van der Waals surface area contributed by atoms with Gasteiger partial charge >= 0.3 is 0 Å². The quantitative estimate of drug-likeness (QED) is 0.388.